The number of hydrogen-bond donors (Lipinski definition) is 1. The van der Waals surface area contributed by atoms with Crippen molar-refractivity contribution in [3.05, 3.63) is 59.7 Å². The molecule has 0 saturated carbocycles. The van der Waals surface area contributed by atoms with Gasteiger partial charge in [-0.05, 0) is 36.2 Å². The van der Waals surface area contributed by atoms with Crippen molar-refractivity contribution >= 4 is 26.8 Å². The number of carbonyl (C=O) groups is 1. The Labute approximate surface area is 150 Å². The van der Waals surface area contributed by atoms with Crippen molar-refractivity contribution in [2.45, 2.75) is 19.0 Å². The van der Waals surface area contributed by atoms with Crippen molar-refractivity contribution in [2.75, 3.05) is 11.5 Å². The zero-order valence-corrected chi connectivity index (χ0v) is 14.8. The molecular formula is C18H18N4O3S. The molecule has 3 aromatic rings. The molecule has 1 atom stereocenters. The van der Waals surface area contributed by atoms with Gasteiger partial charge in [0.15, 0.2) is 9.84 Å². The van der Waals surface area contributed by atoms with Crippen LogP contribution in [0.1, 0.15) is 22.3 Å². The second-order valence-corrected chi connectivity index (χ2v) is 8.73. The van der Waals surface area contributed by atoms with Crippen molar-refractivity contribution in [2.24, 2.45) is 0 Å². The molecule has 1 amide bonds. The van der Waals surface area contributed by atoms with E-state index in [1.807, 2.05) is 41.1 Å². The molecule has 134 valence electrons. The first-order valence-corrected chi connectivity index (χ1v) is 10.2. The van der Waals surface area contributed by atoms with Crippen LogP contribution in [0.15, 0.2) is 48.5 Å². The van der Waals surface area contributed by atoms with Crippen molar-refractivity contribution < 1.29 is 13.2 Å². The smallest absolute Gasteiger partial charge is 0.251 e. The fourth-order valence-electron chi connectivity index (χ4n) is 3.15. The molecule has 0 aliphatic carbocycles. The largest absolute Gasteiger partial charge is 0.348 e. The minimum atomic E-state index is -3.01. The fraction of sp³-hybridized carbons (Fsp3) is 0.278. The number of carbonyl (C=O) groups excluding carboxylic acids is 1. The van der Waals surface area contributed by atoms with E-state index < -0.39 is 9.84 Å². The summed E-state index contributed by atoms with van der Waals surface area (Å²) in [6, 6.07) is 14.7. The summed E-state index contributed by atoms with van der Waals surface area (Å²) < 4.78 is 24.8. The topological polar surface area (TPSA) is 94.0 Å². The van der Waals surface area contributed by atoms with E-state index in [2.05, 4.69) is 15.6 Å². The van der Waals surface area contributed by atoms with Crippen LogP contribution in [-0.4, -0.2) is 46.9 Å². The van der Waals surface area contributed by atoms with Crippen LogP contribution in [0.3, 0.4) is 0 Å². The van der Waals surface area contributed by atoms with Gasteiger partial charge >= 0.3 is 0 Å². The van der Waals surface area contributed by atoms with E-state index in [1.54, 1.807) is 12.1 Å². The van der Waals surface area contributed by atoms with E-state index in [1.165, 1.54) is 0 Å². The van der Waals surface area contributed by atoms with Crippen LogP contribution in [0.4, 0.5) is 0 Å². The van der Waals surface area contributed by atoms with Gasteiger partial charge in [0.25, 0.3) is 5.91 Å². The van der Waals surface area contributed by atoms with Gasteiger partial charge in [0.05, 0.1) is 23.6 Å². The number of fused-ring (bicyclic) bond motifs is 1. The van der Waals surface area contributed by atoms with E-state index in [4.69, 9.17) is 0 Å². The van der Waals surface area contributed by atoms with Gasteiger partial charge in [-0.1, -0.05) is 29.5 Å². The molecule has 0 spiro atoms. The number of para-hydroxylation sites is 1. The fourth-order valence-corrected chi connectivity index (χ4v) is 4.82. The summed E-state index contributed by atoms with van der Waals surface area (Å²) in [5.41, 5.74) is 3.31. The van der Waals surface area contributed by atoms with Gasteiger partial charge in [-0.2, -0.15) is 0 Å². The van der Waals surface area contributed by atoms with Gasteiger partial charge < -0.3 is 5.32 Å². The Morgan fingerprint density at radius 1 is 1.15 bits per heavy atom. The summed E-state index contributed by atoms with van der Waals surface area (Å²) >= 11 is 0. The first-order chi connectivity index (χ1) is 12.5. The lowest BCUT2D eigenvalue weighted by Crippen LogP contribution is -2.35. The average molecular weight is 370 g/mol. The second kappa shape index (κ2) is 6.53. The van der Waals surface area contributed by atoms with E-state index in [0.717, 1.165) is 16.6 Å². The molecule has 0 bridgehead atoms. The molecule has 26 heavy (non-hydrogen) atoms. The van der Waals surface area contributed by atoms with Crippen LogP contribution >= 0.6 is 0 Å². The molecule has 1 N–H and O–H groups in total. The van der Waals surface area contributed by atoms with E-state index >= 15 is 0 Å². The molecule has 1 fully saturated rings. The highest BCUT2D eigenvalue weighted by Crippen LogP contribution is 2.14. The van der Waals surface area contributed by atoms with Crippen LogP contribution in [0, 0.1) is 0 Å². The maximum Gasteiger partial charge on any atom is 0.251 e. The molecule has 0 radical (unpaired) electrons. The van der Waals surface area contributed by atoms with Crippen molar-refractivity contribution in [1.82, 2.24) is 20.3 Å². The number of sulfone groups is 1. The Morgan fingerprint density at radius 3 is 2.65 bits per heavy atom. The summed E-state index contributed by atoms with van der Waals surface area (Å²) in [5, 5.41) is 11.1. The molecule has 1 aliphatic rings. The Morgan fingerprint density at radius 2 is 1.92 bits per heavy atom. The minimum Gasteiger partial charge on any atom is -0.348 e. The van der Waals surface area contributed by atoms with E-state index in [-0.39, 0.29) is 23.5 Å². The highest BCUT2D eigenvalue weighted by molar-refractivity contribution is 7.91. The lowest BCUT2D eigenvalue weighted by Gasteiger charge is -2.11. The highest BCUT2D eigenvalue weighted by Gasteiger charge is 2.29. The first-order valence-electron chi connectivity index (χ1n) is 8.39. The maximum absolute atomic E-state index is 12.3. The van der Waals surface area contributed by atoms with Crippen LogP contribution < -0.4 is 5.32 Å². The minimum absolute atomic E-state index is 0.0240. The molecule has 1 aliphatic heterocycles. The Balaban J connectivity index is 1.44. The highest BCUT2D eigenvalue weighted by atomic mass is 32.2. The number of benzene rings is 2. The monoisotopic (exact) mass is 370 g/mol. The quantitative estimate of drug-likeness (QED) is 0.749. The van der Waals surface area contributed by atoms with Crippen LogP contribution in [0.2, 0.25) is 0 Å². The number of rotatable bonds is 4. The molecule has 7 nitrogen and oxygen atoms in total. The molecular weight excluding hydrogens is 352 g/mol. The second-order valence-electron chi connectivity index (χ2n) is 6.51. The van der Waals surface area contributed by atoms with Crippen molar-refractivity contribution in [3.63, 3.8) is 0 Å². The Kier molecular flexibility index (Phi) is 4.20. The third-order valence-electron chi connectivity index (χ3n) is 4.54. The predicted molar refractivity (Wildman–Crippen MR) is 97.6 cm³/mol. The molecule has 2 aromatic carbocycles. The maximum atomic E-state index is 12.3. The molecule has 0 unspecified atom stereocenters. The zero-order valence-electron chi connectivity index (χ0n) is 14.0. The lowest BCUT2D eigenvalue weighted by atomic mass is 10.1. The van der Waals surface area contributed by atoms with Gasteiger partial charge in [-0.25, -0.2) is 13.1 Å². The molecule has 1 aromatic heterocycles. The standard InChI is InChI=1S/C18H18N4O3S/c23-18(19-15-9-10-26(24,25)12-15)14-7-5-13(6-8-14)11-22-17-4-2-1-3-16(17)20-21-22/h1-8,15H,9-12H2,(H,19,23)/t15-/m0/s1. The Bertz CT molecular complexity index is 1060. The third kappa shape index (κ3) is 3.45. The number of nitrogens with zero attached hydrogens (tertiary/aromatic N) is 3. The van der Waals surface area contributed by atoms with E-state index in [0.29, 0.717) is 18.5 Å². The number of hydrogen-bond acceptors (Lipinski definition) is 5. The first kappa shape index (κ1) is 16.7. The third-order valence-corrected chi connectivity index (χ3v) is 6.30. The van der Waals surface area contributed by atoms with Crippen LogP contribution in [0.5, 0.6) is 0 Å². The van der Waals surface area contributed by atoms with Crippen LogP contribution in [0.25, 0.3) is 11.0 Å². The summed E-state index contributed by atoms with van der Waals surface area (Å²) in [7, 11) is -3.01. The van der Waals surface area contributed by atoms with E-state index in [9.17, 15) is 13.2 Å². The number of amides is 1. The van der Waals surface area contributed by atoms with Crippen molar-refractivity contribution in [1.29, 1.82) is 0 Å². The molecule has 4 rings (SSSR count). The van der Waals surface area contributed by atoms with Gasteiger partial charge in [-0.15, -0.1) is 5.10 Å². The molecule has 2 heterocycles. The number of aromatic nitrogens is 3. The summed E-state index contributed by atoms with van der Waals surface area (Å²) in [6.07, 6.45) is 0.478. The van der Waals surface area contributed by atoms with Crippen molar-refractivity contribution in [3.8, 4) is 0 Å². The van der Waals surface area contributed by atoms with Gasteiger partial charge in [-0.3, -0.25) is 4.79 Å². The normalized spacial score (nSPS) is 18.8. The average Bonchev–Trinajstić information content (AvgIpc) is 3.18. The summed E-state index contributed by atoms with van der Waals surface area (Å²) in [4.78, 5) is 12.3. The SMILES string of the molecule is O=C(N[C@H]1CCS(=O)(=O)C1)c1ccc(Cn2nnc3ccccc32)cc1. The molecule has 1 saturated heterocycles. The van der Waals surface area contributed by atoms with Gasteiger partial charge in [0.2, 0.25) is 0 Å². The van der Waals surface area contributed by atoms with Crippen LogP contribution in [-0.2, 0) is 16.4 Å². The Hall–Kier alpha value is -2.74. The zero-order chi connectivity index (χ0) is 18.1. The predicted octanol–water partition coefficient (Wildman–Crippen LogP) is 1.40. The molecule has 8 heteroatoms. The summed E-state index contributed by atoms with van der Waals surface area (Å²) in [6.45, 7) is 0.559. The number of nitrogens with one attached hydrogen (secondary N) is 1. The lowest BCUT2D eigenvalue weighted by molar-refractivity contribution is 0.0941. The van der Waals surface area contributed by atoms with Gasteiger partial charge in [0.1, 0.15) is 5.52 Å². The summed E-state index contributed by atoms with van der Waals surface area (Å²) in [5.74, 6) is -0.0799. The van der Waals surface area contributed by atoms with Gasteiger partial charge in [0, 0.05) is 11.6 Å².